The summed E-state index contributed by atoms with van der Waals surface area (Å²) >= 11 is 0. The van der Waals surface area contributed by atoms with E-state index in [0.29, 0.717) is 6.42 Å². The summed E-state index contributed by atoms with van der Waals surface area (Å²) in [6.45, 7) is 0. The third-order valence-electron chi connectivity index (χ3n) is 1.29. The molecule has 0 atom stereocenters. The van der Waals surface area contributed by atoms with Gasteiger partial charge in [-0.25, -0.2) is 0 Å². The van der Waals surface area contributed by atoms with Crippen LogP contribution >= 0.6 is 0 Å². The van der Waals surface area contributed by atoms with Gasteiger partial charge in [0.25, 0.3) is 0 Å². The monoisotopic (exact) mass is 135 g/mol. The Morgan fingerprint density at radius 1 is 1.60 bits per heavy atom. The lowest BCUT2D eigenvalue weighted by Crippen LogP contribution is -1.79. The first-order valence-electron chi connectivity index (χ1n) is 3.33. The Kier molecular flexibility index (Phi) is 2.57. The smallest absolute Gasteiger partial charge is 0.103 e. The molecular weight excluding hydrogens is 126 g/mol. The maximum atomic E-state index is 8.21. The molecule has 0 aliphatic rings. The van der Waals surface area contributed by atoms with Gasteiger partial charge in [-0.2, -0.15) is 5.26 Å². The number of unbranched alkanes of at least 4 members (excludes halogenated alkanes) is 1. The number of nitrogens with zero attached hydrogens (tertiary/aromatic N) is 1. The molecule has 0 spiro atoms. The zero-order chi connectivity index (χ0) is 7.23. The molecule has 0 saturated heterocycles. The van der Waals surface area contributed by atoms with Gasteiger partial charge in [-0.3, -0.25) is 0 Å². The molecule has 0 unspecified atom stereocenters. The van der Waals surface area contributed by atoms with Crippen molar-refractivity contribution < 1.29 is 4.42 Å². The van der Waals surface area contributed by atoms with Gasteiger partial charge in [0.1, 0.15) is 5.76 Å². The van der Waals surface area contributed by atoms with Crippen LogP contribution in [0.1, 0.15) is 18.6 Å². The van der Waals surface area contributed by atoms with E-state index in [1.54, 1.807) is 6.26 Å². The SMILES string of the molecule is N#CCCCc1ccco1. The van der Waals surface area contributed by atoms with Gasteiger partial charge in [0, 0.05) is 12.8 Å². The first-order valence-corrected chi connectivity index (χ1v) is 3.33. The van der Waals surface area contributed by atoms with E-state index in [4.69, 9.17) is 9.68 Å². The van der Waals surface area contributed by atoms with Crippen molar-refractivity contribution in [3.63, 3.8) is 0 Å². The highest BCUT2D eigenvalue weighted by molar-refractivity contribution is 4.98. The second kappa shape index (κ2) is 3.73. The molecule has 0 radical (unpaired) electrons. The van der Waals surface area contributed by atoms with Gasteiger partial charge in [-0.15, -0.1) is 0 Å². The van der Waals surface area contributed by atoms with Crippen molar-refractivity contribution in [1.29, 1.82) is 5.26 Å². The second-order valence-corrected chi connectivity index (χ2v) is 2.09. The quantitative estimate of drug-likeness (QED) is 0.595. The number of aryl methyl sites for hydroxylation is 1. The van der Waals surface area contributed by atoms with Crippen molar-refractivity contribution in [3.8, 4) is 6.07 Å². The van der Waals surface area contributed by atoms with Gasteiger partial charge >= 0.3 is 0 Å². The molecule has 0 bridgehead atoms. The number of rotatable bonds is 3. The molecule has 0 amide bonds. The summed E-state index contributed by atoms with van der Waals surface area (Å²) in [5, 5.41) is 8.21. The van der Waals surface area contributed by atoms with Crippen molar-refractivity contribution in [2.45, 2.75) is 19.3 Å². The van der Waals surface area contributed by atoms with Crippen LogP contribution in [-0.2, 0) is 6.42 Å². The van der Waals surface area contributed by atoms with Crippen LogP contribution < -0.4 is 0 Å². The third-order valence-corrected chi connectivity index (χ3v) is 1.29. The molecule has 2 nitrogen and oxygen atoms in total. The lowest BCUT2D eigenvalue weighted by Gasteiger charge is -1.89. The maximum Gasteiger partial charge on any atom is 0.103 e. The topological polar surface area (TPSA) is 36.9 Å². The summed E-state index contributed by atoms with van der Waals surface area (Å²) in [6.07, 6.45) is 4.03. The summed E-state index contributed by atoms with van der Waals surface area (Å²) < 4.78 is 5.07. The number of nitriles is 1. The van der Waals surface area contributed by atoms with E-state index in [-0.39, 0.29) is 0 Å². The van der Waals surface area contributed by atoms with Gasteiger partial charge in [0.2, 0.25) is 0 Å². The number of hydrogen-bond acceptors (Lipinski definition) is 2. The molecular formula is C8H9NO. The molecule has 10 heavy (non-hydrogen) atoms. The van der Waals surface area contributed by atoms with Gasteiger partial charge < -0.3 is 4.42 Å². The van der Waals surface area contributed by atoms with Crippen molar-refractivity contribution in [2.24, 2.45) is 0 Å². The second-order valence-electron chi connectivity index (χ2n) is 2.09. The van der Waals surface area contributed by atoms with Gasteiger partial charge in [-0.05, 0) is 18.6 Å². The Morgan fingerprint density at radius 3 is 3.10 bits per heavy atom. The van der Waals surface area contributed by atoms with Crippen LogP contribution in [0.4, 0.5) is 0 Å². The molecule has 2 heteroatoms. The van der Waals surface area contributed by atoms with Crippen LogP contribution in [0.2, 0.25) is 0 Å². The maximum absolute atomic E-state index is 8.21. The minimum Gasteiger partial charge on any atom is -0.469 e. The van der Waals surface area contributed by atoms with Gasteiger partial charge in [-0.1, -0.05) is 0 Å². The summed E-state index contributed by atoms with van der Waals surface area (Å²) in [6, 6.07) is 5.88. The normalized spacial score (nSPS) is 9.10. The summed E-state index contributed by atoms with van der Waals surface area (Å²) in [5.74, 6) is 0.968. The molecule has 0 saturated carbocycles. The van der Waals surface area contributed by atoms with E-state index >= 15 is 0 Å². The predicted molar refractivity (Wildman–Crippen MR) is 37.3 cm³/mol. The van der Waals surface area contributed by atoms with Crippen LogP contribution in [-0.4, -0.2) is 0 Å². The molecule has 0 aliphatic carbocycles. The van der Waals surface area contributed by atoms with E-state index in [1.807, 2.05) is 12.1 Å². The average Bonchev–Trinajstić information content (AvgIpc) is 2.41. The average molecular weight is 135 g/mol. The molecule has 0 N–H and O–H groups in total. The van der Waals surface area contributed by atoms with Crippen molar-refractivity contribution in [2.75, 3.05) is 0 Å². The lowest BCUT2D eigenvalue weighted by molar-refractivity contribution is 0.503. The zero-order valence-corrected chi connectivity index (χ0v) is 5.71. The molecule has 0 aromatic carbocycles. The van der Waals surface area contributed by atoms with E-state index in [1.165, 1.54) is 0 Å². The zero-order valence-electron chi connectivity index (χ0n) is 5.71. The Labute approximate surface area is 60.1 Å². The highest BCUT2D eigenvalue weighted by atomic mass is 16.3. The molecule has 1 aromatic rings. The van der Waals surface area contributed by atoms with Crippen LogP contribution in [0.3, 0.4) is 0 Å². The summed E-state index contributed by atoms with van der Waals surface area (Å²) in [5.41, 5.74) is 0. The van der Waals surface area contributed by atoms with Gasteiger partial charge in [0.15, 0.2) is 0 Å². The Balaban J connectivity index is 2.23. The Bertz CT molecular complexity index is 208. The molecule has 1 heterocycles. The first-order chi connectivity index (χ1) is 4.93. The van der Waals surface area contributed by atoms with Crippen LogP contribution in [0.25, 0.3) is 0 Å². The van der Waals surface area contributed by atoms with Gasteiger partial charge in [0.05, 0.1) is 12.3 Å². The van der Waals surface area contributed by atoms with Crippen molar-refractivity contribution in [3.05, 3.63) is 24.2 Å². The standard InChI is InChI=1S/C8H9NO/c9-6-2-1-4-8-5-3-7-10-8/h3,5,7H,1-2,4H2. The van der Waals surface area contributed by atoms with Crippen molar-refractivity contribution >= 4 is 0 Å². The Hall–Kier alpha value is -1.23. The molecule has 52 valence electrons. The van der Waals surface area contributed by atoms with Crippen molar-refractivity contribution in [1.82, 2.24) is 0 Å². The fourth-order valence-electron chi connectivity index (χ4n) is 0.797. The third kappa shape index (κ3) is 1.94. The summed E-state index contributed by atoms with van der Waals surface area (Å²) in [7, 11) is 0. The van der Waals surface area contributed by atoms with Crippen LogP contribution in [0, 0.1) is 11.3 Å². The fourth-order valence-corrected chi connectivity index (χ4v) is 0.797. The highest BCUT2D eigenvalue weighted by Gasteiger charge is 1.92. The van der Waals surface area contributed by atoms with Crippen LogP contribution in [0.15, 0.2) is 22.8 Å². The highest BCUT2D eigenvalue weighted by Crippen LogP contribution is 2.04. The van der Waals surface area contributed by atoms with E-state index in [0.717, 1.165) is 18.6 Å². The molecule has 1 aromatic heterocycles. The number of furan rings is 1. The molecule has 1 rings (SSSR count). The lowest BCUT2D eigenvalue weighted by atomic mass is 10.2. The van der Waals surface area contributed by atoms with E-state index in [9.17, 15) is 0 Å². The van der Waals surface area contributed by atoms with E-state index < -0.39 is 0 Å². The van der Waals surface area contributed by atoms with E-state index in [2.05, 4.69) is 6.07 Å². The minimum absolute atomic E-state index is 0.612. The largest absolute Gasteiger partial charge is 0.469 e. The van der Waals surface area contributed by atoms with Crippen LogP contribution in [0.5, 0.6) is 0 Å². The predicted octanol–water partition coefficient (Wildman–Crippen LogP) is 2.13. The number of hydrogen-bond donors (Lipinski definition) is 0. The fraction of sp³-hybridized carbons (Fsp3) is 0.375. The molecule has 0 fully saturated rings. The minimum atomic E-state index is 0.612. The summed E-state index contributed by atoms with van der Waals surface area (Å²) in [4.78, 5) is 0. The first kappa shape index (κ1) is 6.88. The molecule has 0 aliphatic heterocycles. The Morgan fingerprint density at radius 2 is 2.50 bits per heavy atom.